The highest BCUT2D eigenvalue weighted by Crippen LogP contribution is 2.11. The van der Waals surface area contributed by atoms with E-state index in [1.165, 1.54) is 0 Å². The normalized spacial score (nSPS) is 12.3. The van der Waals surface area contributed by atoms with E-state index < -0.39 is 6.10 Å². The fraction of sp³-hybridized carbons (Fsp3) is 0.308. The third-order valence-electron chi connectivity index (χ3n) is 2.60. The van der Waals surface area contributed by atoms with Gasteiger partial charge in [0.1, 0.15) is 0 Å². The maximum absolute atomic E-state index is 9.27. The number of rotatable bonds is 6. The lowest BCUT2D eigenvalue weighted by molar-refractivity contribution is 0.105. The summed E-state index contributed by atoms with van der Waals surface area (Å²) in [5.74, 6) is 0. The molecule has 0 radical (unpaired) electrons. The number of aromatic nitrogens is 2. The number of benzene rings is 1. The molecular weight excluding hydrogens is 230 g/mol. The van der Waals surface area contributed by atoms with Gasteiger partial charge in [0, 0.05) is 31.2 Å². The number of nitrogens with one attached hydrogen (secondary N) is 1. The number of hydrogen-bond donors (Lipinski definition) is 3. The summed E-state index contributed by atoms with van der Waals surface area (Å²) in [7, 11) is 0. The van der Waals surface area contributed by atoms with Crippen LogP contribution in [0.5, 0.6) is 0 Å². The molecule has 3 N–H and O–H groups in total. The van der Waals surface area contributed by atoms with E-state index in [1.807, 2.05) is 35.0 Å². The van der Waals surface area contributed by atoms with Gasteiger partial charge in [-0.05, 0) is 17.7 Å². The van der Waals surface area contributed by atoms with Crippen molar-refractivity contribution in [2.45, 2.75) is 12.6 Å². The van der Waals surface area contributed by atoms with Gasteiger partial charge in [-0.1, -0.05) is 12.1 Å². The molecule has 5 nitrogen and oxygen atoms in total. The van der Waals surface area contributed by atoms with Crippen LogP contribution in [0, 0.1) is 0 Å². The first kappa shape index (κ1) is 12.6. The molecule has 0 saturated carbocycles. The van der Waals surface area contributed by atoms with E-state index in [0.29, 0.717) is 6.54 Å². The van der Waals surface area contributed by atoms with Crippen LogP contribution in [0.1, 0.15) is 5.56 Å². The molecule has 0 saturated heterocycles. The van der Waals surface area contributed by atoms with Gasteiger partial charge in [0.05, 0.1) is 19.0 Å². The summed E-state index contributed by atoms with van der Waals surface area (Å²) in [5, 5.41) is 21.1. The Hall–Kier alpha value is -1.85. The van der Waals surface area contributed by atoms with Gasteiger partial charge in [0.15, 0.2) is 0 Å². The lowest BCUT2D eigenvalue weighted by Gasteiger charge is -2.11. The highest BCUT2D eigenvalue weighted by Gasteiger charge is 2.02. The SMILES string of the molecule is OCC(O)CNc1cccc(Cn2ccnc2)c1. The quantitative estimate of drug-likeness (QED) is 0.702. The van der Waals surface area contributed by atoms with Crippen molar-refractivity contribution in [3.63, 3.8) is 0 Å². The average Bonchev–Trinajstić information content (AvgIpc) is 2.89. The first-order chi connectivity index (χ1) is 8.78. The van der Waals surface area contributed by atoms with E-state index in [9.17, 15) is 5.11 Å². The summed E-state index contributed by atoms with van der Waals surface area (Å²) in [5.41, 5.74) is 2.08. The standard InChI is InChI=1S/C13H17N3O2/c17-9-13(18)7-15-12-3-1-2-11(6-12)8-16-5-4-14-10-16/h1-6,10,13,15,17-18H,7-9H2. The zero-order chi connectivity index (χ0) is 12.8. The van der Waals surface area contributed by atoms with Crippen LogP contribution in [0.3, 0.4) is 0 Å². The van der Waals surface area contributed by atoms with Crippen LogP contribution in [-0.2, 0) is 6.54 Å². The fourth-order valence-corrected chi connectivity index (χ4v) is 1.67. The monoisotopic (exact) mass is 247 g/mol. The molecule has 1 atom stereocenters. The Morgan fingerprint density at radius 1 is 1.39 bits per heavy atom. The molecular formula is C13H17N3O2. The van der Waals surface area contributed by atoms with E-state index in [4.69, 9.17) is 5.11 Å². The summed E-state index contributed by atoms with van der Waals surface area (Å²) in [4.78, 5) is 4.00. The van der Waals surface area contributed by atoms with Gasteiger partial charge in [0.2, 0.25) is 0 Å². The lowest BCUT2D eigenvalue weighted by Crippen LogP contribution is -2.22. The molecule has 5 heteroatoms. The maximum atomic E-state index is 9.27. The van der Waals surface area contributed by atoms with Crippen LogP contribution in [0.2, 0.25) is 0 Å². The fourth-order valence-electron chi connectivity index (χ4n) is 1.67. The molecule has 0 aliphatic carbocycles. The molecule has 1 aromatic carbocycles. The van der Waals surface area contributed by atoms with Crippen molar-refractivity contribution in [3.05, 3.63) is 48.5 Å². The van der Waals surface area contributed by atoms with Gasteiger partial charge in [-0.15, -0.1) is 0 Å². The van der Waals surface area contributed by atoms with Crippen molar-refractivity contribution < 1.29 is 10.2 Å². The first-order valence-electron chi connectivity index (χ1n) is 5.85. The molecule has 2 rings (SSSR count). The zero-order valence-corrected chi connectivity index (χ0v) is 10.0. The maximum Gasteiger partial charge on any atom is 0.0949 e. The number of nitrogens with zero attached hydrogens (tertiary/aromatic N) is 2. The Kier molecular flexibility index (Phi) is 4.33. The second kappa shape index (κ2) is 6.18. The van der Waals surface area contributed by atoms with Crippen molar-refractivity contribution in [3.8, 4) is 0 Å². The molecule has 1 unspecified atom stereocenters. The van der Waals surface area contributed by atoms with Crippen LogP contribution in [0.4, 0.5) is 5.69 Å². The Morgan fingerprint density at radius 3 is 3.00 bits per heavy atom. The molecule has 0 aliphatic heterocycles. The van der Waals surface area contributed by atoms with E-state index in [1.54, 1.807) is 12.5 Å². The second-order valence-electron chi connectivity index (χ2n) is 4.15. The van der Waals surface area contributed by atoms with E-state index in [2.05, 4.69) is 10.3 Å². The Morgan fingerprint density at radius 2 is 2.28 bits per heavy atom. The lowest BCUT2D eigenvalue weighted by atomic mass is 10.2. The summed E-state index contributed by atoms with van der Waals surface area (Å²) in [6.07, 6.45) is 4.70. The van der Waals surface area contributed by atoms with Crippen molar-refractivity contribution in [1.82, 2.24) is 9.55 Å². The molecule has 0 amide bonds. The van der Waals surface area contributed by atoms with E-state index >= 15 is 0 Å². The highest BCUT2D eigenvalue weighted by atomic mass is 16.3. The van der Waals surface area contributed by atoms with Gasteiger partial charge >= 0.3 is 0 Å². The summed E-state index contributed by atoms with van der Waals surface area (Å²) in [6, 6.07) is 7.94. The number of aliphatic hydroxyl groups is 2. The number of anilines is 1. The van der Waals surface area contributed by atoms with Crippen molar-refractivity contribution >= 4 is 5.69 Å². The van der Waals surface area contributed by atoms with Crippen LogP contribution in [-0.4, -0.2) is 39.0 Å². The number of hydrogen-bond acceptors (Lipinski definition) is 4. The third kappa shape index (κ3) is 3.58. The predicted molar refractivity (Wildman–Crippen MR) is 69.4 cm³/mol. The summed E-state index contributed by atoms with van der Waals surface area (Å²) in [6.45, 7) is 0.866. The number of imidazole rings is 1. The highest BCUT2D eigenvalue weighted by molar-refractivity contribution is 5.45. The molecule has 2 aromatic rings. The van der Waals surface area contributed by atoms with Gasteiger partial charge in [-0.25, -0.2) is 4.98 Å². The first-order valence-corrected chi connectivity index (χ1v) is 5.85. The minimum atomic E-state index is -0.734. The Balaban J connectivity index is 1.96. The molecule has 18 heavy (non-hydrogen) atoms. The van der Waals surface area contributed by atoms with Crippen LogP contribution in [0.15, 0.2) is 43.0 Å². The minimum absolute atomic E-state index is 0.234. The molecule has 1 heterocycles. The summed E-state index contributed by atoms with van der Waals surface area (Å²) >= 11 is 0. The molecule has 0 bridgehead atoms. The average molecular weight is 247 g/mol. The minimum Gasteiger partial charge on any atom is -0.394 e. The Bertz CT molecular complexity index is 471. The molecule has 1 aromatic heterocycles. The molecule has 0 spiro atoms. The van der Waals surface area contributed by atoms with Crippen molar-refractivity contribution in [1.29, 1.82) is 0 Å². The van der Waals surface area contributed by atoms with Gasteiger partial charge in [0.25, 0.3) is 0 Å². The zero-order valence-electron chi connectivity index (χ0n) is 10.0. The van der Waals surface area contributed by atoms with E-state index in [-0.39, 0.29) is 6.61 Å². The van der Waals surface area contributed by atoms with Gasteiger partial charge in [-0.2, -0.15) is 0 Å². The van der Waals surface area contributed by atoms with Gasteiger partial charge in [-0.3, -0.25) is 0 Å². The van der Waals surface area contributed by atoms with Crippen LogP contribution in [0.25, 0.3) is 0 Å². The molecule has 96 valence electrons. The Labute approximate surface area is 106 Å². The van der Waals surface area contributed by atoms with Crippen molar-refractivity contribution in [2.24, 2.45) is 0 Å². The van der Waals surface area contributed by atoms with Gasteiger partial charge < -0.3 is 20.1 Å². The van der Waals surface area contributed by atoms with Crippen molar-refractivity contribution in [2.75, 3.05) is 18.5 Å². The third-order valence-corrected chi connectivity index (χ3v) is 2.60. The van der Waals surface area contributed by atoms with Crippen LogP contribution >= 0.6 is 0 Å². The van der Waals surface area contributed by atoms with Crippen LogP contribution < -0.4 is 5.32 Å². The predicted octanol–water partition coefficient (Wildman–Crippen LogP) is 0.696. The largest absolute Gasteiger partial charge is 0.394 e. The molecule has 0 aliphatic rings. The summed E-state index contributed by atoms with van der Waals surface area (Å²) < 4.78 is 1.99. The number of aliphatic hydroxyl groups excluding tert-OH is 2. The molecule has 0 fully saturated rings. The topological polar surface area (TPSA) is 70.3 Å². The second-order valence-corrected chi connectivity index (χ2v) is 4.15. The smallest absolute Gasteiger partial charge is 0.0949 e. The van der Waals surface area contributed by atoms with E-state index in [0.717, 1.165) is 17.8 Å².